The Morgan fingerprint density at radius 1 is 1.18 bits per heavy atom. The molecule has 1 aliphatic heterocycles. The van der Waals surface area contributed by atoms with Crippen LogP contribution >= 0.6 is 0 Å². The minimum Gasteiger partial charge on any atom is -0.493 e. The molecule has 0 N–H and O–H groups in total. The number of aryl methyl sites for hydroxylation is 1. The largest absolute Gasteiger partial charge is 0.493 e. The molecule has 1 aromatic heterocycles. The molecule has 4 nitrogen and oxygen atoms in total. The Morgan fingerprint density at radius 3 is 2.86 bits per heavy atom. The molecule has 4 rings (SSSR count). The van der Waals surface area contributed by atoms with Crippen LogP contribution in [0.15, 0.2) is 36.7 Å². The summed E-state index contributed by atoms with van der Waals surface area (Å²) >= 11 is 0. The van der Waals surface area contributed by atoms with E-state index >= 15 is 0 Å². The first-order valence-electron chi connectivity index (χ1n) is 10.5. The third-order valence-electron chi connectivity index (χ3n) is 6.35. The summed E-state index contributed by atoms with van der Waals surface area (Å²) in [4.78, 5) is 16.2. The van der Waals surface area contributed by atoms with Gasteiger partial charge in [-0.05, 0) is 72.8 Å². The van der Waals surface area contributed by atoms with Gasteiger partial charge in [-0.25, -0.2) is 4.79 Å². The summed E-state index contributed by atoms with van der Waals surface area (Å²) in [6, 6.07) is 8.64. The Labute approximate surface area is 167 Å². The lowest BCUT2D eigenvalue weighted by molar-refractivity contribution is 0.0599. The van der Waals surface area contributed by atoms with Gasteiger partial charge in [0.25, 0.3) is 0 Å². The highest BCUT2D eigenvalue weighted by Crippen LogP contribution is 2.40. The number of hydrogen-bond acceptors (Lipinski definition) is 4. The van der Waals surface area contributed by atoms with Crippen molar-refractivity contribution in [2.45, 2.75) is 63.2 Å². The van der Waals surface area contributed by atoms with E-state index in [2.05, 4.69) is 23.2 Å². The van der Waals surface area contributed by atoms with Gasteiger partial charge in [-0.15, -0.1) is 0 Å². The van der Waals surface area contributed by atoms with E-state index in [1.807, 2.05) is 0 Å². The lowest BCUT2D eigenvalue weighted by Gasteiger charge is -2.28. The van der Waals surface area contributed by atoms with Crippen molar-refractivity contribution in [3.05, 3.63) is 58.9 Å². The van der Waals surface area contributed by atoms with Crippen LogP contribution in [0.25, 0.3) is 0 Å². The van der Waals surface area contributed by atoms with Crippen molar-refractivity contribution in [3.8, 4) is 5.75 Å². The minimum absolute atomic E-state index is 0.290. The molecule has 4 heteroatoms. The predicted molar refractivity (Wildman–Crippen MR) is 109 cm³/mol. The SMILES string of the molecule is COC(=O)c1ccncc1CCC1CCOc2cc(C3CCCCC3)ccc21. The zero-order valence-corrected chi connectivity index (χ0v) is 16.7. The smallest absolute Gasteiger partial charge is 0.338 e. The molecule has 148 valence electrons. The first-order valence-corrected chi connectivity index (χ1v) is 10.5. The van der Waals surface area contributed by atoms with Crippen LogP contribution in [0, 0.1) is 0 Å². The number of ether oxygens (including phenoxy) is 2. The van der Waals surface area contributed by atoms with E-state index in [0.29, 0.717) is 17.4 Å². The molecule has 0 amide bonds. The van der Waals surface area contributed by atoms with Crippen LogP contribution < -0.4 is 4.74 Å². The van der Waals surface area contributed by atoms with Crippen molar-refractivity contribution in [2.24, 2.45) is 0 Å². The van der Waals surface area contributed by atoms with Gasteiger partial charge in [0, 0.05) is 12.4 Å². The van der Waals surface area contributed by atoms with Crippen LogP contribution in [0.1, 0.15) is 83.8 Å². The second kappa shape index (κ2) is 8.76. The second-order valence-corrected chi connectivity index (χ2v) is 8.03. The molecule has 0 bridgehead atoms. The van der Waals surface area contributed by atoms with Crippen molar-refractivity contribution in [1.82, 2.24) is 4.98 Å². The zero-order chi connectivity index (χ0) is 19.3. The summed E-state index contributed by atoms with van der Waals surface area (Å²) < 4.78 is 10.9. The van der Waals surface area contributed by atoms with E-state index in [1.54, 1.807) is 18.5 Å². The summed E-state index contributed by atoms with van der Waals surface area (Å²) in [5.74, 6) is 1.93. The first-order chi connectivity index (χ1) is 13.8. The molecule has 2 heterocycles. The molecule has 1 aliphatic carbocycles. The number of esters is 1. The summed E-state index contributed by atoms with van der Waals surface area (Å²) in [6.45, 7) is 0.767. The Morgan fingerprint density at radius 2 is 2.04 bits per heavy atom. The fourth-order valence-corrected chi connectivity index (χ4v) is 4.73. The average Bonchev–Trinajstić information content (AvgIpc) is 2.77. The Kier molecular flexibility index (Phi) is 5.94. The van der Waals surface area contributed by atoms with Crippen molar-refractivity contribution >= 4 is 5.97 Å². The van der Waals surface area contributed by atoms with E-state index in [0.717, 1.165) is 37.2 Å². The number of hydrogen-bond donors (Lipinski definition) is 0. The third-order valence-corrected chi connectivity index (χ3v) is 6.35. The molecular weight excluding hydrogens is 350 g/mol. The summed E-state index contributed by atoms with van der Waals surface area (Å²) in [7, 11) is 1.42. The maximum absolute atomic E-state index is 12.0. The van der Waals surface area contributed by atoms with Crippen LogP contribution in [0.3, 0.4) is 0 Å². The second-order valence-electron chi connectivity index (χ2n) is 8.03. The molecule has 2 aliphatic rings. The van der Waals surface area contributed by atoms with Crippen molar-refractivity contribution in [3.63, 3.8) is 0 Å². The molecule has 1 unspecified atom stereocenters. The van der Waals surface area contributed by atoms with Crippen molar-refractivity contribution < 1.29 is 14.3 Å². The molecule has 1 fully saturated rings. The molecule has 0 radical (unpaired) electrons. The van der Waals surface area contributed by atoms with Gasteiger partial charge in [0.05, 0.1) is 19.3 Å². The highest BCUT2D eigenvalue weighted by molar-refractivity contribution is 5.90. The topological polar surface area (TPSA) is 48.4 Å². The average molecular weight is 380 g/mol. The van der Waals surface area contributed by atoms with Gasteiger partial charge in [-0.1, -0.05) is 31.4 Å². The van der Waals surface area contributed by atoms with Gasteiger partial charge in [-0.2, -0.15) is 0 Å². The molecule has 2 aromatic rings. The number of pyridine rings is 1. The normalized spacial score (nSPS) is 19.5. The highest BCUT2D eigenvalue weighted by atomic mass is 16.5. The van der Waals surface area contributed by atoms with E-state index in [4.69, 9.17) is 9.47 Å². The molecule has 1 atom stereocenters. The number of carbonyl (C=O) groups is 1. The summed E-state index contributed by atoms with van der Waals surface area (Å²) in [6.07, 6.45) is 12.9. The molecule has 1 saturated carbocycles. The standard InChI is InChI=1S/C24H29NO3/c1-27-24(26)22-11-13-25-16-20(22)8-7-18-12-14-28-23-15-19(9-10-21(18)23)17-5-3-2-4-6-17/h9-11,13,15-18H,2-8,12,14H2,1H3. The molecular formula is C24H29NO3. The van der Waals surface area contributed by atoms with Crippen molar-refractivity contribution in [2.75, 3.05) is 13.7 Å². The first kappa shape index (κ1) is 19.0. The van der Waals surface area contributed by atoms with Gasteiger partial charge >= 0.3 is 5.97 Å². The van der Waals surface area contributed by atoms with E-state index in [9.17, 15) is 4.79 Å². The molecule has 28 heavy (non-hydrogen) atoms. The van der Waals surface area contributed by atoms with Gasteiger partial charge in [0.2, 0.25) is 0 Å². The Bertz CT molecular complexity index is 826. The number of fused-ring (bicyclic) bond motifs is 1. The molecule has 0 saturated heterocycles. The van der Waals surface area contributed by atoms with Gasteiger partial charge in [0.1, 0.15) is 5.75 Å². The Hall–Kier alpha value is -2.36. The number of rotatable bonds is 5. The van der Waals surface area contributed by atoms with E-state index in [1.165, 1.54) is 50.3 Å². The Balaban J connectivity index is 1.49. The van der Waals surface area contributed by atoms with Gasteiger partial charge in [0.15, 0.2) is 0 Å². The molecule has 1 aromatic carbocycles. The van der Waals surface area contributed by atoms with Crippen molar-refractivity contribution in [1.29, 1.82) is 0 Å². The van der Waals surface area contributed by atoms with Crippen LogP contribution in [0.2, 0.25) is 0 Å². The lowest BCUT2D eigenvalue weighted by Crippen LogP contribution is -2.16. The quantitative estimate of drug-likeness (QED) is 0.651. The van der Waals surface area contributed by atoms with Crippen LogP contribution in [0.5, 0.6) is 5.75 Å². The van der Waals surface area contributed by atoms with E-state index < -0.39 is 0 Å². The fraction of sp³-hybridized carbons (Fsp3) is 0.500. The maximum atomic E-state index is 12.0. The number of nitrogens with zero attached hydrogens (tertiary/aromatic N) is 1. The number of aromatic nitrogens is 1. The van der Waals surface area contributed by atoms with E-state index in [-0.39, 0.29) is 5.97 Å². The maximum Gasteiger partial charge on any atom is 0.338 e. The monoisotopic (exact) mass is 379 g/mol. The number of methoxy groups -OCH3 is 1. The predicted octanol–water partition coefficient (Wildman–Crippen LogP) is 5.41. The highest BCUT2D eigenvalue weighted by Gasteiger charge is 2.24. The fourth-order valence-electron chi connectivity index (χ4n) is 4.73. The summed E-state index contributed by atoms with van der Waals surface area (Å²) in [5.41, 5.74) is 4.34. The van der Waals surface area contributed by atoms with Crippen LogP contribution in [-0.4, -0.2) is 24.7 Å². The van der Waals surface area contributed by atoms with Crippen LogP contribution in [-0.2, 0) is 11.2 Å². The number of carbonyl (C=O) groups excluding carboxylic acids is 1. The van der Waals surface area contributed by atoms with Gasteiger partial charge in [-0.3, -0.25) is 4.98 Å². The lowest BCUT2D eigenvalue weighted by atomic mass is 9.81. The number of benzene rings is 1. The van der Waals surface area contributed by atoms with Crippen LogP contribution in [0.4, 0.5) is 0 Å². The third kappa shape index (κ3) is 4.06. The minimum atomic E-state index is -0.290. The molecule has 0 spiro atoms. The summed E-state index contributed by atoms with van der Waals surface area (Å²) in [5, 5.41) is 0. The van der Waals surface area contributed by atoms with Gasteiger partial charge < -0.3 is 9.47 Å². The zero-order valence-electron chi connectivity index (χ0n) is 16.7.